The lowest BCUT2D eigenvalue weighted by Gasteiger charge is -2.02. The van der Waals surface area contributed by atoms with Crippen LogP contribution in [0.4, 0.5) is 14.6 Å². The quantitative estimate of drug-likeness (QED) is 0.688. The third kappa shape index (κ3) is 2.63. The molecule has 3 aromatic rings. The van der Waals surface area contributed by atoms with Gasteiger partial charge in [0.1, 0.15) is 23.1 Å². The molecule has 0 bridgehead atoms. The Hall–Kier alpha value is -3.23. The summed E-state index contributed by atoms with van der Waals surface area (Å²) in [6.45, 7) is 0. The second-order valence-electron chi connectivity index (χ2n) is 4.83. The number of benzene rings is 1. The molecular formula is C14H10F2N4O3. The third-order valence-corrected chi connectivity index (χ3v) is 3.23. The fourth-order valence-corrected chi connectivity index (χ4v) is 2.16. The van der Waals surface area contributed by atoms with E-state index < -0.39 is 23.5 Å². The van der Waals surface area contributed by atoms with Crippen LogP contribution >= 0.6 is 0 Å². The van der Waals surface area contributed by atoms with Gasteiger partial charge in [-0.15, -0.1) is 0 Å². The Morgan fingerprint density at radius 1 is 1.26 bits per heavy atom. The zero-order chi connectivity index (χ0) is 16.7. The normalized spacial score (nSPS) is 10.9. The van der Waals surface area contributed by atoms with Crippen LogP contribution in [0.5, 0.6) is 0 Å². The van der Waals surface area contributed by atoms with Crippen LogP contribution in [0.2, 0.25) is 0 Å². The molecule has 0 atom stereocenters. The number of hydrogen-bond acceptors (Lipinski definition) is 3. The Kier molecular flexibility index (Phi) is 3.32. The number of aromatic amines is 1. The van der Waals surface area contributed by atoms with E-state index in [1.807, 2.05) is 0 Å². The Labute approximate surface area is 127 Å². The third-order valence-electron chi connectivity index (χ3n) is 3.23. The second-order valence-corrected chi connectivity index (χ2v) is 4.83. The predicted molar refractivity (Wildman–Crippen MR) is 76.3 cm³/mol. The Balaban J connectivity index is 1.92. The van der Waals surface area contributed by atoms with E-state index >= 15 is 0 Å². The molecule has 2 aromatic heterocycles. The summed E-state index contributed by atoms with van der Waals surface area (Å²) in [5, 5.41) is 15.2. The Morgan fingerprint density at radius 2 is 2.00 bits per heavy atom. The number of aromatic carboxylic acids is 1. The van der Waals surface area contributed by atoms with Gasteiger partial charge in [-0.3, -0.25) is 9.48 Å². The van der Waals surface area contributed by atoms with Crippen molar-refractivity contribution in [3.05, 3.63) is 47.3 Å². The lowest BCUT2D eigenvalue weighted by molar-refractivity contribution is 0.0689. The molecule has 1 amide bonds. The van der Waals surface area contributed by atoms with Crippen LogP contribution in [0.3, 0.4) is 0 Å². The molecule has 9 heteroatoms. The van der Waals surface area contributed by atoms with E-state index in [2.05, 4.69) is 15.4 Å². The fraction of sp³-hybridized carbons (Fsp3) is 0.0714. The number of carbonyl (C=O) groups is 2. The highest BCUT2D eigenvalue weighted by atomic mass is 19.1. The molecule has 2 heterocycles. The second kappa shape index (κ2) is 5.20. The first kappa shape index (κ1) is 14.7. The molecule has 0 saturated heterocycles. The van der Waals surface area contributed by atoms with Gasteiger partial charge in [0.25, 0.3) is 5.91 Å². The maximum atomic E-state index is 13.6. The van der Waals surface area contributed by atoms with Gasteiger partial charge >= 0.3 is 5.97 Å². The van der Waals surface area contributed by atoms with Gasteiger partial charge in [0.2, 0.25) is 0 Å². The SMILES string of the molecule is Cn1nc(C(=O)O)cc1NC(=O)c1cc2cc(F)cc(F)c2[nH]1. The van der Waals surface area contributed by atoms with Crippen LogP contribution in [0.15, 0.2) is 24.3 Å². The van der Waals surface area contributed by atoms with Crippen molar-refractivity contribution in [1.82, 2.24) is 14.8 Å². The average Bonchev–Trinajstić information content (AvgIpc) is 3.03. The van der Waals surface area contributed by atoms with E-state index in [1.165, 1.54) is 23.9 Å². The number of hydrogen-bond donors (Lipinski definition) is 3. The maximum Gasteiger partial charge on any atom is 0.356 e. The molecule has 0 aliphatic carbocycles. The topological polar surface area (TPSA) is 100 Å². The van der Waals surface area contributed by atoms with Crippen LogP contribution in [-0.4, -0.2) is 31.7 Å². The molecule has 0 aliphatic heterocycles. The van der Waals surface area contributed by atoms with E-state index in [0.717, 1.165) is 6.07 Å². The molecule has 1 aromatic carbocycles. The van der Waals surface area contributed by atoms with Crippen molar-refractivity contribution in [3.63, 3.8) is 0 Å². The molecular weight excluding hydrogens is 310 g/mol. The van der Waals surface area contributed by atoms with Gasteiger partial charge in [0, 0.05) is 24.6 Å². The van der Waals surface area contributed by atoms with Crippen LogP contribution in [0.25, 0.3) is 10.9 Å². The number of nitrogens with zero attached hydrogens (tertiary/aromatic N) is 2. The van der Waals surface area contributed by atoms with Gasteiger partial charge in [-0.25, -0.2) is 13.6 Å². The van der Waals surface area contributed by atoms with Crippen LogP contribution < -0.4 is 5.32 Å². The van der Waals surface area contributed by atoms with Gasteiger partial charge in [0.05, 0.1) is 5.52 Å². The number of anilines is 1. The molecule has 0 spiro atoms. The van der Waals surface area contributed by atoms with Crippen molar-refractivity contribution in [1.29, 1.82) is 0 Å². The zero-order valence-corrected chi connectivity index (χ0v) is 11.7. The van der Waals surface area contributed by atoms with Gasteiger partial charge in [-0.2, -0.15) is 5.10 Å². The molecule has 0 unspecified atom stereocenters. The highest BCUT2D eigenvalue weighted by Gasteiger charge is 2.17. The van der Waals surface area contributed by atoms with E-state index in [0.29, 0.717) is 6.07 Å². The highest BCUT2D eigenvalue weighted by Crippen LogP contribution is 2.21. The molecule has 23 heavy (non-hydrogen) atoms. The predicted octanol–water partition coefficient (Wildman–Crippen LogP) is 2.13. The van der Waals surface area contributed by atoms with Crippen molar-refractivity contribution >= 4 is 28.6 Å². The van der Waals surface area contributed by atoms with Crippen LogP contribution in [0, 0.1) is 11.6 Å². The minimum absolute atomic E-state index is 0.00238. The van der Waals surface area contributed by atoms with E-state index in [9.17, 15) is 18.4 Å². The number of nitrogens with one attached hydrogen (secondary N) is 2. The summed E-state index contributed by atoms with van der Waals surface area (Å²) in [7, 11) is 1.46. The number of fused-ring (bicyclic) bond motifs is 1. The largest absolute Gasteiger partial charge is 0.476 e. The first-order valence-corrected chi connectivity index (χ1v) is 6.41. The van der Waals surface area contributed by atoms with E-state index in [1.54, 1.807) is 0 Å². The molecule has 0 aliphatic rings. The highest BCUT2D eigenvalue weighted by molar-refractivity contribution is 6.06. The van der Waals surface area contributed by atoms with Gasteiger partial charge in [-0.1, -0.05) is 0 Å². The molecule has 7 nitrogen and oxygen atoms in total. The summed E-state index contributed by atoms with van der Waals surface area (Å²) in [6, 6.07) is 4.29. The lowest BCUT2D eigenvalue weighted by atomic mass is 10.2. The number of rotatable bonds is 3. The smallest absolute Gasteiger partial charge is 0.356 e. The van der Waals surface area contributed by atoms with Crippen molar-refractivity contribution in [2.75, 3.05) is 5.32 Å². The number of halogens is 2. The summed E-state index contributed by atoms with van der Waals surface area (Å²) < 4.78 is 28.0. The van der Waals surface area contributed by atoms with E-state index in [4.69, 9.17) is 5.11 Å². The fourth-order valence-electron chi connectivity index (χ4n) is 2.16. The monoisotopic (exact) mass is 320 g/mol. The number of aryl methyl sites for hydroxylation is 1. The first-order valence-electron chi connectivity index (χ1n) is 6.41. The van der Waals surface area contributed by atoms with Gasteiger partial charge in [-0.05, 0) is 12.1 Å². The lowest BCUT2D eigenvalue weighted by Crippen LogP contribution is -2.14. The standard InChI is InChI=1S/C14H10F2N4O3/c1-20-11(5-10(19-20)14(22)23)18-13(21)9-3-6-2-7(15)4-8(16)12(6)17-9/h2-5,17H,1H3,(H,18,21)(H,22,23). The summed E-state index contributed by atoms with van der Waals surface area (Å²) in [5.74, 6) is -3.28. The van der Waals surface area contributed by atoms with Crippen molar-refractivity contribution < 1.29 is 23.5 Å². The molecule has 0 radical (unpaired) electrons. The van der Waals surface area contributed by atoms with Crippen LogP contribution in [0.1, 0.15) is 21.0 Å². The summed E-state index contributed by atoms with van der Waals surface area (Å²) in [4.78, 5) is 25.6. The number of amides is 1. The Morgan fingerprint density at radius 3 is 2.65 bits per heavy atom. The van der Waals surface area contributed by atoms with E-state index in [-0.39, 0.29) is 28.1 Å². The molecule has 3 rings (SSSR count). The van der Waals surface area contributed by atoms with Gasteiger partial charge < -0.3 is 15.4 Å². The average molecular weight is 320 g/mol. The minimum Gasteiger partial charge on any atom is -0.476 e. The Bertz CT molecular complexity index is 945. The van der Waals surface area contributed by atoms with Gasteiger partial charge in [0.15, 0.2) is 5.69 Å². The number of carboxylic acids is 1. The number of aromatic nitrogens is 3. The zero-order valence-electron chi connectivity index (χ0n) is 11.7. The van der Waals surface area contributed by atoms with Crippen molar-refractivity contribution in [2.45, 2.75) is 0 Å². The molecule has 0 saturated carbocycles. The van der Waals surface area contributed by atoms with Crippen molar-refractivity contribution in [3.8, 4) is 0 Å². The number of carbonyl (C=O) groups excluding carboxylic acids is 1. The molecule has 118 valence electrons. The number of H-pyrrole nitrogens is 1. The summed E-state index contributed by atoms with van der Waals surface area (Å²) in [6.07, 6.45) is 0. The molecule has 0 fully saturated rings. The van der Waals surface area contributed by atoms with Crippen molar-refractivity contribution in [2.24, 2.45) is 7.05 Å². The number of carboxylic acid groups (broad SMARTS) is 1. The maximum absolute atomic E-state index is 13.6. The summed E-state index contributed by atoms with van der Waals surface area (Å²) in [5.41, 5.74) is -0.220. The molecule has 3 N–H and O–H groups in total. The minimum atomic E-state index is -1.23. The summed E-state index contributed by atoms with van der Waals surface area (Å²) >= 11 is 0. The first-order chi connectivity index (χ1) is 10.8. The van der Waals surface area contributed by atoms with Crippen LogP contribution in [-0.2, 0) is 7.05 Å².